The van der Waals surface area contributed by atoms with Crippen LogP contribution in [-0.4, -0.2) is 76.4 Å². The summed E-state index contributed by atoms with van der Waals surface area (Å²) in [6.45, 7) is 5.26. The van der Waals surface area contributed by atoms with E-state index in [0.29, 0.717) is 56.8 Å². The zero-order valence-corrected chi connectivity index (χ0v) is 20.6. The Bertz CT molecular complexity index is 1310. The topological polar surface area (TPSA) is 96.5 Å². The van der Waals surface area contributed by atoms with Gasteiger partial charge < -0.3 is 18.9 Å². The van der Waals surface area contributed by atoms with E-state index in [-0.39, 0.29) is 35.4 Å². The molecule has 1 aromatic carbocycles. The zero-order chi connectivity index (χ0) is 26.6. The summed E-state index contributed by atoms with van der Waals surface area (Å²) in [6.07, 6.45) is -2.91. The number of fused-ring (bicyclic) bond motifs is 1. The number of halogens is 3. The van der Waals surface area contributed by atoms with Crippen molar-refractivity contribution in [3.63, 3.8) is 0 Å². The third kappa shape index (κ3) is 5.94. The van der Waals surface area contributed by atoms with Gasteiger partial charge in [0.1, 0.15) is 17.3 Å². The molecule has 0 unspecified atom stereocenters. The van der Waals surface area contributed by atoms with Crippen LogP contribution in [0.1, 0.15) is 24.6 Å². The van der Waals surface area contributed by atoms with Crippen LogP contribution in [-0.2, 0) is 18.0 Å². The second kappa shape index (κ2) is 11.0. The molecule has 0 radical (unpaired) electrons. The smallest absolute Gasteiger partial charge is 0.419 e. The average Bonchev–Trinajstić information content (AvgIpc) is 3.26. The molecule has 1 aliphatic rings. The number of hydrogen-bond donors (Lipinski definition) is 0. The van der Waals surface area contributed by atoms with Crippen molar-refractivity contribution in [2.75, 3.05) is 45.9 Å². The molecule has 9 nitrogen and oxygen atoms in total. The number of pyridine rings is 1. The second-order valence-corrected chi connectivity index (χ2v) is 8.63. The maximum Gasteiger partial charge on any atom is 0.419 e. The number of benzene rings is 1. The molecule has 3 heterocycles. The van der Waals surface area contributed by atoms with Gasteiger partial charge in [-0.05, 0) is 37.6 Å². The average molecular weight is 517 g/mol. The molecular formula is C25H27F3N6O3. The van der Waals surface area contributed by atoms with E-state index in [4.69, 9.17) is 9.47 Å². The van der Waals surface area contributed by atoms with Gasteiger partial charge in [0.2, 0.25) is 0 Å². The summed E-state index contributed by atoms with van der Waals surface area (Å²) in [4.78, 5) is 23.9. The number of piperazine rings is 1. The van der Waals surface area contributed by atoms with Gasteiger partial charge in [-0.15, -0.1) is 0 Å². The molecule has 0 saturated carbocycles. The van der Waals surface area contributed by atoms with Crippen LogP contribution in [0.3, 0.4) is 0 Å². The van der Waals surface area contributed by atoms with E-state index in [1.165, 1.54) is 18.5 Å². The molecule has 12 heteroatoms. The van der Waals surface area contributed by atoms with Gasteiger partial charge in [-0.25, -0.2) is 14.8 Å². The van der Waals surface area contributed by atoms with Crippen molar-refractivity contribution >= 4 is 17.1 Å². The Labute approximate surface area is 212 Å². The van der Waals surface area contributed by atoms with Crippen molar-refractivity contribution < 1.29 is 27.4 Å². The molecule has 1 saturated heterocycles. The summed E-state index contributed by atoms with van der Waals surface area (Å²) in [6, 6.07) is 7.36. The fourth-order valence-corrected chi connectivity index (χ4v) is 4.23. The van der Waals surface area contributed by atoms with Crippen molar-refractivity contribution in [2.45, 2.75) is 19.5 Å². The van der Waals surface area contributed by atoms with Crippen LogP contribution in [0.15, 0.2) is 30.6 Å². The second-order valence-electron chi connectivity index (χ2n) is 8.63. The highest BCUT2D eigenvalue weighted by atomic mass is 19.4. The highest BCUT2D eigenvalue weighted by Gasteiger charge is 2.35. The molecule has 3 aromatic rings. The Morgan fingerprint density at radius 3 is 2.62 bits per heavy atom. The zero-order valence-electron chi connectivity index (χ0n) is 20.6. The minimum atomic E-state index is -4.64. The van der Waals surface area contributed by atoms with Crippen LogP contribution in [0.5, 0.6) is 5.75 Å². The van der Waals surface area contributed by atoms with E-state index in [2.05, 4.69) is 14.9 Å². The van der Waals surface area contributed by atoms with Gasteiger partial charge in [-0.1, -0.05) is 0 Å². The van der Waals surface area contributed by atoms with Gasteiger partial charge in [-0.2, -0.15) is 18.4 Å². The number of imidazole rings is 1. The van der Waals surface area contributed by atoms with Gasteiger partial charge in [-0.3, -0.25) is 4.90 Å². The molecule has 196 valence electrons. The Morgan fingerprint density at radius 2 is 1.95 bits per heavy atom. The number of alkyl halides is 3. The van der Waals surface area contributed by atoms with Crippen LogP contribution >= 0.6 is 0 Å². The lowest BCUT2D eigenvalue weighted by Crippen LogP contribution is -2.49. The maximum atomic E-state index is 13.9. The standard InChI is InChI=1S/C25H27F3N6O3/c1-3-36-24(35)34-10-8-33(9-11-34)7-4-12-37-22-6-5-17(13-18(22)25(26,27)28)19-14-21-23(20(15-29)31-19)30-16-32(21)2/h5-6,13-14,16H,3-4,7-12H2,1-2H3. The molecular weight excluding hydrogens is 489 g/mol. The van der Waals surface area contributed by atoms with Gasteiger partial charge in [0, 0.05) is 45.3 Å². The van der Waals surface area contributed by atoms with Crippen LogP contribution in [0.4, 0.5) is 18.0 Å². The number of rotatable bonds is 7. The fraction of sp³-hybridized carbons (Fsp3) is 0.440. The molecule has 0 atom stereocenters. The summed E-state index contributed by atoms with van der Waals surface area (Å²) >= 11 is 0. The lowest BCUT2D eigenvalue weighted by Gasteiger charge is -2.33. The largest absolute Gasteiger partial charge is 0.493 e. The van der Waals surface area contributed by atoms with E-state index >= 15 is 0 Å². The molecule has 0 N–H and O–H groups in total. The first-order chi connectivity index (χ1) is 17.7. The first-order valence-corrected chi connectivity index (χ1v) is 11.9. The minimum Gasteiger partial charge on any atom is -0.493 e. The molecule has 1 fully saturated rings. The van der Waals surface area contributed by atoms with Gasteiger partial charge in [0.25, 0.3) is 0 Å². The number of hydrogen-bond acceptors (Lipinski definition) is 7. The van der Waals surface area contributed by atoms with Gasteiger partial charge in [0.05, 0.1) is 36.3 Å². The van der Waals surface area contributed by atoms with Crippen molar-refractivity contribution in [3.05, 3.63) is 41.9 Å². The number of aromatic nitrogens is 3. The van der Waals surface area contributed by atoms with Crippen molar-refractivity contribution in [3.8, 4) is 23.1 Å². The molecule has 2 aromatic heterocycles. The van der Waals surface area contributed by atoms with Gasteiger partial charge in [0.15, 0.2) is 5.69 Å². The highest BCUT2D eigenvalue weighted by molar-refractivity contribution is 5.84. The Kier molecular flexibility index (Phi) is 7.83. The van der Waals surface area contributed by atoms with E-state index in [0.717, 1.165) is 6.07 Å². The fourth-order valence-electron chi connectivity index (χ4n) is 4.23. The van der Waals surface area contributed by atoms with E-state index in [9.17, 15) is 23.2 Å². The molecule has 37 heavy (non-hydrogen) atoms. The van der Waals surface area contributed by atoms with E-state index in [1.54, 1.807) is 29.5 Å². The summed E-state index contributed by atoms with van der Waals surface area (Å²) in [5.74, 6) is -0.259. The molecule has 0 spiro atoms. The lowest BCUT2D eigenvalue weighted by atomic mass is 10.1. The summed E-state index contributed by atoms with van der Waals surface area (Å²) < 4.78 is 53.9. The first-order valence-electron chi connectivity index (χ1n) is 11.9. The lowest BCUT2D eigenvalue weighted by molar-refractivity contribution is -0.138. The van der Waals surface area contributed by atoms with Crippen LogP contribution in [0.2, 0.25) is 0 Å². The predicted molar refractivity (Wildman–Crippen MR) is 129 cm³/mol. The number of ether oxygens (including phenoxy) is 2. The van der Waals surface area contributed by atoms with Crippen LogP contribution in [0.25, 0.3) is 22.3 Å². The Balaban J connectivity index is 1.42. The quantitative estimate of drug-likeness (QED) is 0.437. The van der Waals surface area contributed by atoms with Crippen LogP contribution < -0.4 is 4.74 Å². The number of nitriles is 1. The van der Waals surface area contributed by atoms with E-state index in [1.807, 2.05) is 6.07 Å². The van der Waals surface area contributed by atoms with Crippen molar-refractivity contribution in [2.24, 2.45) is 7.05 Å². The number of carbonyl (C=O) groups is 1. The summed E-state index contributed by atoms with van der Waals surface area (Å²) in [5, 5.41) is 9.43. The Morgan fingerprint density at radius 1 is 1.19 bits per heavy atom. The van der Waals surface area contributed by atoms with Crippen molar-refractivity contribution in [1.82, 2.24) is 24.3 Å². The molecule has 1 amide bonds. The number of amides is 1. The van der Waals surface area contributed by atoms with Crippen LogP contribution in [0, 0.1) is 11.3 Å². The maximum absolute atomic E-state index is 13.9. The SMILES string of the molecule is CCOC(=O)N1CCN(CCCOc2ccc(-c3cc4c(ncn4C)c(C#N)n3)cc2C(F)(F)F)CC1. The predicted octanol–water partition coefficient (Wildman–Crippen LogP) is 4.07. The molecule has 1 aliphatic heterocycles. The molecule has 4 rings (SSSR count). The summed E-state index contributed by atoms with van der Waals surface area (Å²) in [5.41, 5.74) is 0.597. The van der Waals surface area contributed by atoms with E-state index < -0.39 is 11.7 Å². The van der Waals surface area contributed by atoms with Gasteiger partial charge >= 0.3 is 12.3 Å². The third-order valence-electron chi connectivity index (χ3n) is 6.17. The first kappa shape index (κ1) is 26.2. The summed E-state index contributed by atoms with van der Waals surface area (Å²) in [7, 11) is 1.73. The number of carbonyl (C=O) groups excluding carboxylic acids is 1. The van der Waals surface area contributed by atoms with Crippen molar-refractivity contribution in [1.29, 1.82) is 5.26 Å². The number of nitrogens with zero attached hydrogens (tertiary/aromatic N) is 6. The minimum absolute atomic E-state index is 0.0464. The molecule has 0 aliphatic carbocycles. The number of aryl methyl sites for hydroxylation is 1. The third-order valence-corrected chi connectivity index (χ3v) is 6.17. The normalized spacial score (nSPS) is 14.5. The molecule has 0 bridgehead atoms. The Hall–Kier alpha value is -3.85. The monoisotopic (exact) mass is 516 g/mol. The highest BCUT2D eigenvalue weighted by Crippen LogP contribution is 2.39.